The quantitative estimate of drug-likeness (QED) is 0.443. The first-order valence-corrected chi connectivity index (χ1v) is 12.1. The third-order valence-electron chi connectivity index (χ3n) is 5.79. The van der Waals surface area contributed by atoms with Gasteiger partial charge in [0, 0.05) is 24.5 Å². The number of pyridine rings is 1. The van der Waals surface area contributed by atoms with E-state index in [0.717, 1.165) is 11.3 Å². The molecule has 11 nitrogen and oxygen atoms in total. The summed E-state index contributed by atoms with van der Waals surface area (Å²) in [6.45, 7) is 6.90. The molecular weight excluding hydrogens is 492 g/mol. The van der Waals surface area contributed by atoms with Crippen molar-refractivity contribution in [1.82, 2.24) is 14.8 Å². The number of esters is 1. The molecule has 1 aromatic carbocycles. The van der Waals surface area contributed by atoms with Gasteiger partial charge in [-0.1, -0.05) is 12.1 Å². The van der Waals surface area contributed by atoms with Gasteiger partial charge < -0.3 is 24.1 Å². The molecule has 1 fully saturated rings. The minimum atomic E-state index is -2.17. The van der Waals surface area contributed by atoms with Crippen LogP contribution in [0.5, 0.6) is 11.6 Å². The highest BCUT2D eigenvalue weighted by Crippen LogP contribution is 2.27. The second kappa shape index (κ2) is 10.8. The SMILES string of the molecule is COc1ccc(COc2cc(-n3ccc(N4CCO[C@H](C(C)(O)C(=O)OC(C)(C)C)C4=O)n3)ccn2)cc1. The molecule has 3 aromatic rings. The summed E-state index contributed by atoms with van der Waals surface area (Å²) in [5, 5.41) is 15.4. The average molecular weight is 525 g/mol. The molecule has 1 amide bonds. The number of methoxy groups -OCH3 is 1. The first-order valence-electron chi connectivity index (χ1n) is 12.1. The van der Waals surface area contributed by atoms with E-state index in [9.17, 15) is 14.7 Å². The van der Waals surface area contributed by atoms with Crippen molar-refractivity contribution in [2.24, 2.45) is 0 Å². The summed E-state index contributed by atoms with van der Waals surface area (Å²) in [5.74, 6) is -0.000684. The number of nitrogens with zero attached hydrogens (tertiary/aromatic N) is 4. The molecule has 4 rings (SSSR count). The van der Waals surface area contributed by atoms with Crippen LogP contribution in [0.3, 0.4) is 0 Å². The van der Waals surface area contributed by atoms with Crippen molar-refractivity contribution in [3.8, 4) is 17.3 Å². The average Bonchev–Trinajstić information content (AvgIpc) is 3.37. The van der Waals surface area contributed by atoms with Gasteiger partial charge >= 0.3 is 5.97 Å². The van der Waals surface area contributed by atoms with Gasteiger partial charge in [0.1, 0.15) is 18.0 Å². The van der Waals surface area contributed by atoms with Crippen molar-refractivity contribution in [2.75, 3.05) is 25.2 Å². The molecule has 2 atom stereocenters. The van der Waals surface area contributed by atoms with Crippen LogP contribution in [-0.2, 0) is 25.7 Å². The highest BCUT2D eigenvalue weighted by Gasteiger charge is 2.50. The Morgan fingerprint density at radius 2 is 1.89 bits per heavy atom. The van der Waals surface area contributed by atoms with E-state index in [-0.39, 0.29) is 13.2 Å². The van der Waals surface area contributed by atoms with Gasteiger partial charge in [0.2, 0.25) is 5.88 Å². The van der Waals surface area contributed by atoms with E-state index in [1.54, 1.807) is 63.2 Å². The van der Waals surface area contributed by atoms with Gasteiger partial charge in [-0.25, -0.2) is 14.5 Å². The van der Waals surface area contributed by atoms with Gasteiger partial charge in [-0.05, 0) is 51.5 Å². The molecule has 38 heavy (non-hydrogen) atoms. The number of aromatic nitrogens is 3. The Bertz CT molecular complexity index is 1280. The molecule has 1 unspecified atom stereocenters. The van der Waals surface area contributed by atoms with Crippen molar-refractivity contribution in [3.63, 3.8) is 0 Å². The molecule has 0 bridgehead atoms. The number of amides is 1. The lowest BCUT2D eigenvalue weighted by Crippen LogP contribution is -2.61. The fourth-order valence-electron chi connectivity index (χ4n) is 3.80. The number of hydrogen-bond donors (Lipinski definition) is 1. The van der Waals surface area contributed by atoms with Crippen LogP contribution in [0, 0.1) is 0 Å². The minimum Gasteiger partial charge on any atom is -0.497 e. The van der Waals surface area contributed by atoms with Crippen LogP contribution in [0.4, 0.5) is 5.82 Å². The van der Waals surface area contributed by atoms with Crippen LogP contribution in [0.1, 0.15) is 33.3 Å². The monoisotopic (exact) mass is 524 g/mol. The molecule has 3 heterocycles. The largest absolute Gasteiger partial charge is 0.497 e. The number of rotatable bonds is 8. The fourth-order valence-corrected chi connectivity index (χ4v) is 3.80. The van der Waals surface area contributed by atoms with Crippen LogP contribution in [-0.4, -0.2) is 69.3 Å². The topological polar surface area (TPSA) is 125 Å². The minimum absolute atomic E-state index is 0.112. The summed E-state index contributed by atoms with van der Waals surface area (Å²) in [4.78, 5) is 31.5. The van der Waals surface area contributed by atoms with Crippen molar-refractivity contribution in [1.29, 1.82) is 0 Å². The van der Waals surface area contributed by atoms with Crippen LogP contribution in [0.25, 0.3) is 5.69 Å². The van der Waals surface area contributed by atoms with E-state index in [1.807, 2.05) is 24.3 Å². The standard InChI is InChI=1S/C27H32N4O7/c1-26(2,3)38-25(33)27(4,34)23-24(32)30(14-15-36-23)21-11-13-31(29-21)19-10-12-28-22(16-19)37-17-18-6-8-20(35-5)9-7-18/h6-13,16,23,34H,14-15,17H2,1-5H3/t23-,27?/m0/s1. The number of ether oxygens (including phenoxy) is 4. The molecule has 1 saturated heterocycles. The summed E-state index contributed by atoms with van der Waals surface area (Å²) >= 11 is 0. The van der Waals surface area contributed by atoms with E-state index in [2.05, 4.69) is 10.1 Å². The van der Waals surface area contributed by atoms with Gasteiger partial charge in [0.25, 0.3) is 5.91 Å². The van der Waals surface area contributed by atoms with Crippen LogP contribution >= 0.6 is 0 Å². The molecule has 1 aliphatic heterocycles. The second-order valence-electron chi connectivity index (χ2n) is 10.00. The Morgan fingerprint density at radius 3 is 2.58 bits per heavy atom. The lowest BCUT2D eigenvalue weighted by molar-refractivity contribution is -0.194. The highest BCUT2D eigenvalue weighted by atomic mass is 16.6. The Labute approximate surface area is 220 Å². The fraction of sp³-hybridized carbons (Fsp3) is 0.407. The Balaban J connectivity index is 1.46. The van der Waals surface area contributed by atoms with Crippen LogP contribution in [0.15, 0.2) is 54.9 Å². The second-order valence-corrected chi connectivity index (χ2v) is 10.00. The third kappa shape index (κ3) is 6.12. The highest BCUT2D eigenvalue weighted by molar-refractivity contribution is 6.01. The summed E-state index contributed by atoms with van der Waals surface area (Å²) in [6, 6.07) is 12.7. The number of morpholine rings is 1. The molecule has 11 heteroatoms. The first kappa shape index (κ1) is 27.1. The van der Waals surface area contributed by atoms with Crippen LogP contribution < -0.4 is 14.4 Å². The van der Waals surface area contributed by atoms with Gasteiger partial charge in [-0.15, -0.1) is 5.10 Å². The summed E-state index contributed by atoms with van der Waals surface area (Å²) in [7, 11) is 1.61. The molecule has 202 valence electrons. The number of hydrogen-bond acceptors (Lipinski definition) is 9. The zero-order chi connectivity index (χ0) is 27.5. The van der Waals surface area contributed by atoms with Gasteiger partial charge in [0.15, 0.2) is 17.5 Å². The lowest BCUT2D eigenvalue weighted by atomic mass is 9.96. The molecule has 2 aromatic heterocycles. The predicted octanol–water partition coefficient (Wildman–Crippen LogP) is 2.68. The molecular formula is C27H32N4O7. The maximum absolute atomic E-state index is 13.2. The summed E-state index contributed by atoms with van der Waals surface area (Å²) in [5.41, 5.74) is -1.37. The maximum atomic E-state index is 13.2. The molecule has 0 aliphatic carbocycles. The van der Waals surface area contributed by atoms with Gasteiger partial charge in [-0.2, -0.15) is 0 Å². The number of aliphatic hydroxyl groups is 1. The normalized spacial score (nSPS) is 17.6. The van der Waals surface area contributed by atoms with E-state index in [4.69, 9.17) is 18.9 Å². The van der Waals surface area contributed by atoms with Crippen molar-refractivity contribution < 1.29 is 33.6 Å². The Hall–Kier alpha value is -3.96. The third-order valence-corrected chi connectivity index (χ3v) is 5.79. The first-order chi connectivity index (χ1) is 18.0. The van der Waals surface area contributed by atoms with Crippen molar-refractivity contribution in [2.45, 2.75) is 51.6 Å². The van der Waals surface area contributed by atoms with E-state index in [1.165, 1.54) is 11.8 Å². The van der Waals surface area contributed by atoms with E-state index >= 15 is 0 Å². The van der Waals surface area contributed by atoms with E-state index in [0.29, 0.717) is 24.0 Å². The molecule has 0 radical (unpaired) electrons. The molecule has 1 aliphatic rings. The number of carbonyl (C=O) groups excluding carboxylic acids is 2. The lowest BCUT2D eigenvalue weighted by Gasteiger charge is -2.38. The van der Waals surface area contributed by atoms with Crippen LogP contribution in [0.2, 0.25) is 0 Å². The molecule has 0 spiro atoms. The predicted molar refractivity (Wildman–Crippen MR) is 137 cm³/mol. The Kier molecular flexibility index (Phi) is 7.70. The zero-order valence-corrected chi connectivity index (χ0v) is 22.1. The smallest absolute Gasteiger partial charge is 0.341 e. The summed E-state index contributed by atoms with van der Waals surface area (Å²) in [6.07, 6.45) is 1.87. The van der Waals surface area contributed by atoms with Crippen molar-refractivity contribution in [3.05, 3.63) is 60.4 Å². The molecule has 1 N–H and O–H groups in total. The van der Waals surface area contributed by atoms with Gasteiger partial charge in [-0.3, -0.25) is 9.69 Å². The Morgan fingerprint density at radius 1 is 1.16 bits per heavy atom. The van der Waals surface area contributed by atoms with E-state index < -0.39 is 29.2 Å². The molecule has 0 saturated carbocycles. The number of benzene rings is 1. The number of carbonyl (C=O) groups is 2. The maximum Gasteiger partial charge on any atom is 0.341 e. The number of anilines is 1. The van der Waals surface area contributed by atoms with Crippen molar-refractivity contribution >= 4 is 17.7 Å². The van der Waals surface area contributed by atoms with Gasteiger partial charge in [0.05, 0.1) is 25.9 Å². The zero-order valence-electron chi connectivity index (χ0n) is 22.1. The summed E-state index contributed by atoms with van der Waals surface area (Å²) < 4.78 is 23.4.